The second-order valence-corrected chi connectivity index (χ2v) is 4.00. The van der Waals surface area contributed by atoms with Crippen molar-refractivity contribution in [2.24, 2.45) is 5.73 Å². The van der Waals surface area contributed by atoms with Crippen LogP contribution < -0.4 is 5.73 Å². The monoisotopic (exact) mass is 223 g/mol. The summed E-state index contributed by atoms with van der Waals surface area (Å²) in [7, 11) is 0. The van der Waals surface area contributed by atoms with Crippen LogP contribution in [0.5, 0.6) is 0 Å². The Hall–Kier alpha value is -0.900. The molecule has 0 aliphatic heterocycles. The zero-order chi connectivity index (χ0) is 11.8. The van der Waals surface area contributed by atoms with Gasteiger partial charge in [-0.15, -0.1) is 0 Å². The zero-order valence-corrected chi connectivity index (χ0v) is 10.1. The molecule has 0 saturated heterocycles. The largest absolute Gasteiger partial charge is 0.376 e. The molecule has 1 aromatic rings. The molecule has 16 heavy (non-hydrogen) atoms. The topological polar surface area (TPSA) is 44.5 Å². The van der Waals surface area contributed by atoms with Gasteiger partial charge in [-0.25, -0.2) is 0 Å². The van der Waals surface area contributed by atoms with Crippen LogP contribution in [0.15, 0.2) is 24.3 Å². The van der Waals surface area contributed by atoms with Gasteiger partial charge in [-0.2, -0.15) is 0 Å². The van der Waals surface area contributed by atoms with E-state index in [2.05, 4.69) is 6.07 Å². The van der Waals surface area contributed by atoms with Crippen molar-refractivity contribution in [3.8, 4) is 0 Å². The van der Waals surface area contributed by atoms with Gasteiger partial charge in [-0.3, -0.25) is 0 Å². The first-order valence-electron chi connectivity index (χ1n) is 5.69. The summed E-state index contributed by atoms with van der Waals surface area (Å²) in [6.07, 6.45) is 0.268. The van der Waals surface area contributed by atoms with Crippen LogP contribution in [0.1, 0.15) is 25.0 Å². The van der Waals surface area contributed by atoms with Crippen molar-refractivity contribution < 1.29 is 9.47 Å². The van der Waals surface area contributed by atoms with E-state index < -0.39 is 0 Å². The van der Waals surface area contributed by atoms with E-state index >= 15 is 0 Å². The van der Waals surface area contributed by atoms with Crippen LogP contribution in [0, 0.1) is 0 Å². The fraction of sp³-hybridized carbons (Fsp3) is 0.538. The van der Waals surface area contributed by atoms with Crippen molar-refractivity contribution in [1.82, 2.24) is 0 Å². The number of nitrogens with two attached hydrogens (primary N) is 1. The SMILES string of the molecule is CC(C)OCCOCc1cccc(CN)c1. The molecule has 0 unspecified atom stereocenters. The van der Waals surface area contributed by atoms with Crippen LogP contribution in [0.2, 0.25) is 0 Å². The molecule has 0 bridgehead atoms. The van der Waals surface area contributed by atoms with Gasteiger partial charge in [0.2, 0.25) is 0 Å². The van der Waals surface area contributed by atoms with Gasteiger partial charge < -0.3 is 15.2 Å². The summed E-state index contributed by atoms with van der Waals surface area (Å²) in [6.45, 7) is 6.51. The molecular weight excluding hydrogens is 202 g/mol. The summed E-state index contributed by atoms with van der Waals surface area (Å²) >= 11 is 0. The summed E-state index contributed by atoms with van der Waals surface area (Å²) in [6, 6.07) is 8.14. The summed E-state index contributed by atoms with van der Waals surface area (Å²) in [4.78, 5) is 0. The molecular formula is C13H21NO2. The molecule has 0 heterocycles. The molecule has 3 nitrogen and oxygen atoms in total. The van der Waals surface area contributed by atoms with Crippen molar-refractivity contribution in [2.45, 2.75) is 33.1 Å². The van der Waals surface area contributed by atoms with Crippen LogP contribution in [-0.2, 0) is 22.6 Å². The highest BCUT2D eigenvalue weighted by atomic mass is 16.5. The Morgan fingerprint density at radius 3 is 2.62 bits per heavy atom. The lowest BCUT2D eigenvalue weighted by atomic mass is 10.1. The maximum Gasteiger partial charge on any atom is 0.0718 e. The predicted molar refractivity (Wildman–Crippen MR) is 65.1 cm³/mol. The fourth-order valence-corrected chi connectivity index (χ4v) is 1.38. The van der Waals surface area contributed by atoms with Crippen LogP contribution >= 0.6 is 0 Å². The molecule has 90 valence electrons. The summed E-state index contributed by atoms with van der Waals surface area (Å²) in [5, 5.41) is 0. The maximum atomic E-state index is 5.57. The van der Waals surface area contributed by atoms with Gasteiger partial charge in [0.15, 0.2) is 0 Å². The predicted octanol–water partition coefficient (Wildman–Crippen LogP) is 2.09. The molecule has 1 aromatic carbocycles. The molecule has 0 atom stereocenters. The van der Waals surface area contributed by atoms with Gasteiger partial charge in [-0.1, -0.05) is 24.3 Å². The van der Waals surface area contributed by atoms with E-state index in [1.807, 2.05) is 32.0 Å². The molecule has 0 aliphatic carbocycles. The minimum Gasteiger partial charge on any atom is -0.376 e. The first kappa shape index (κ1) is 13.2. The molecule has 0 fully saturated rings. The van der Waals surface area contributed by atoms with E-state index in [-0.39, 0.29) is 6.10 Å². The Balaban J connectivity index is 2.21. The first-order chi connectivity index (χ1) is 7.72. The Morgan fingerprint density at radius 1 is 1.19 bits per heavy atom. The molecule has 0 radical (unpaired) electrons. The molecule has 2 N–H and O–H groups in total. The lowest BCUT2D eigenvalue weighted by Gasteiger charge is -2.08. The van der Waals surface area contributed by atoms with Gasteiger partial charge in [0.25, 0.3) is 0 Å². The van der Waals surface area contributed by atoms with Gasteiger partial charge >= 0.3 is 0 Å². The van der Waals surface area contributed by atoms with E-state index in [1.54, 1.807) is 0 Å². The third kappa shape index (κ3) is 5.26. The minimum absolute atomic E-state index is 0.268. The quantitative estimate of drug-likeness (QED) is 0.720. The zero-order valence-electron chi connectivity index (χ0n) is 10.1. The number of hydrogen-bond acceptors (Lipinski definition) is 3. The first-order valence-corrected chi connectivity index (χ1v) is 5.69. The molecule has 0 saturated carbocycles. The molecule has 0 amide bonds. The third-order valence-electron chi connectivity index (χ3n) is 2.17. The van der Waals surface area contributed by atoms with Crippen molar-refractivity contribution in [1.29, 1.82) is 0 Å². The van der Waals surface area contributed by atoms with Crippen molar-refractivity contribution in [3.63, 3.8) is 0 Å². The average Bonchev–Trinajstić information content (AvgIpc) is 2.28. The van der Waals surface area contributed by atoms with Crippen LogP contribution in [-0.4, -0.2) is 19.3 Å². The van der Waals surface area contributed by atoms with Gasteiger partial charge in [-0.05, 0) is 25.0 Å². The van der Waals surface area contributed by atoms with Gasteiger partial charge in [0.1, 0.15) is 0 Å². The lowest BCUT2D eigenvalue weighted by Crippen LogP contribution is -2.09. The number of rotatable bonds is 7. The van der Waals surface area contributed by atoms with Gasteiger partial charge in [0, 0.05) is 6.54 Å². The van der Waals surface area contributed by atoms with Crippen LogP contribution in [0.3, 0.4) is 0 Å². The summed E-state index contributed by atoms with van der Waals surface area (Å²) in [5.74, 6) is 0. The second-order valence-electron chi connectivity index (χ2n) is 4.00. The maximum absolute atomic E-state index is 5.57. The van der Waals surface area contributed by atoms with E-state index in [9.17, 15) is 0 Å². The highest BCUT2D eigenvalue weighted by Gasteiger charge is 1.96. The molecule has 1 rings (SSSR count). The van der Waals surface area contributed by atoms with Gasteiger partial charge in [0.05, 0.1) is 25.9 Å². The number of ether oxygens (including phenoxy) is 2. The third-order valence-corrected chi connectivity index (χ3v) is 2.17. The minimum atomic E-state index is 0.268. The molecule has 0 aliphatic rings. The smallest absolute Gasteiger partial charge is 0.0718 e. The Bertz CT molecular complexity index is 300. The van der Waals surface area contributed by atoms with E-state index in [4.69, 9.17) is 15.2 Å². The van der Waals surface area contributed by atoms with Crippen molar-refractivity contribution >= 4 is 0 Å². The highest BCUT2D eigenvalue weighted by molar-refractivity contribution is 5.22. The number of benzene rings is 1. The Kier molecular flexibility index (Phi) is 6.08. The Labute approximate surface area is 97.6 Å². The summed E-state index contributed by atoms with van der Waals surface area (Å²) < 4.78 is 10.9. The molecule has 0 spiro atoms. The van der Waals surface area contributed by atoms with E-state index in [1.165, 1.54) is 0 Å². The lowest BCUT2D eigenvalue weighted by molar-refractivity contribution is 0.0143. The van der Waals surface area contributed by atoms with Crippen LogP contribution in [0.4, 0.5) is 0 Å². The highest BCUT2D eigenvalue weighted by Crippen LogP contribution is 2.05. The second kappa shape index (κ2) is 7.39. The van der Waals surface area contributed by atoms with E-state index in [0.717, 1.165) is 11.1 Å². The Morgan fingerprint density at radius 2 is 1.94 bits per heavy atom. The molecule has 3 heteroatoms. The summed E-state index contributed by atoms with van der Waals surface area (Å²) in [5.41, 5.74) is 7.87. The molecule has 0 aromatic heterocycles. The fourth-order valence-electron chi connectivity index (χ4n) is 1.38. The van der Waals surface area contributed by atoms with E-state index in [0.29, 0.717) is 26.4 Å². The van der Waals surface area contributed by atoms with Crippen molar-refractivity contribution in [3.05, 3.63) is 35.4 Å². The standard InChI is InChI=1S/C13H21NO2/c1-11(2)16-7-6-15-10-13-5-3-4-12(8-13)9-14/h3-5,8,11H,6-7,9-10,14H2,1-2H3. The normalized spacial score (nSPS) is 11.0. The van der Waals surface area contributed by atoms with Crippen molar-refractivity contribution in [2.75, 3.05) is 13.2 Å². The average molecular weight is 223 g/mol. The number of hydrogen-bond donors (Lipinski definition) is 1. The van der Waals surface area contributed by atoms with Crippen LogP contribution in [0.25, 0.3) is 0 Å².